The fourth-order valence-electron chi connectivity index (χ4n) is 4.37. The Morgan fingerprint density at radius 1 is 0.854 bits per heavy atom. The summed E-state index contributed by atoms with van der Waals surface area (Å²) in [5, 5.41) is 3.48. The highest BCUT2D eigenvalue weighted by Gasteiger charge is 2.23. The Kier molecular flexibility index (Phi) is 8.18. The molecule has 41 heavy (non-hydrogen) atoms. The van der Waals surface area contributed by atoms with Crippen LogP contribution in [0.3, 0.4) is 0 Å². The molecule has 0 bridgehead atoms. The van der Waals surface area contributed by atoms with Gasteiger partial charge in [-0.25, -0.2) is 18.4 Å². The summed E-state index contributed by atoms with van der Waals surface area (Å²) >= 11 is 5.93. The first kappa shape index (κ1) is 28.1. The number of nitrogens with one attached hydrogen (secondary N) is 2. The normalized spacial score (nSPS) is 13.5. The zero-order valence-corrected chi connectivity index (χ0v) is 23.7. The van der Waals surface area contributed by atoms with Gasteiger partial charge in [-0.15, -0.1) is 0 Å². The van der Waals surface area contributed by atoms with Gasteiger partial charge in [-0.1, -0.05) is 29.8 Å². The van der Waals surface area contributed by atoms with E-state index < -0.39 is 10.0 Å². The molecule has 4 aromatic rings. The summed E-state index contributed by atoms with van der Waals surface area (Å²) in [6.45, 7) is 3.63. The van der Waals surface area contributed by atoms with Crippen LogP contribution in [0.4, 0.5) is 17.3 Å². The van der Waals surface area contributed by atoms with Crippen LogP contribution in [0.15, 0.2) is 90.0 Å². The minimum absolute atomic E-state index is 0.0215. The lowest BCUT2D eigenvalue weighted by Crippen LogP contribution is -2.50. The molecule has 12 heteroatoms. The van der Waals surface area contributed by atoms with Gasteiger partial charge in [0, 0.05) is 66.8 Å². The molecule has 0 saturated carbocycles. The number of aromatic nitrogens is 2. The number of piperazine rings is 1. The molecule has 0 atom stereocenters. The molecule has 3 aromatic carbocycles. The fraction of sp³-hybridized carbons (Fsp3) is 0.172. The van der Waals surface area contributed by atoms with Gasteiger partial charge in [0.25, 0.3) is 15.9 Å². The molecule has 0 aliphatic carbocycles. The highest BCUT2D eigenvalue weighted by molar-refractivity contribution is 7.92. The molecule has 0 spiro atoms. The van der Waals surface area contributed by atoms with Gasteiger partial charge < -0.3 is 15.1 Å². The summed E-state index contributed by atoms with van der Waals surface area (Å²) in [6.07, 6.45) is 1.62. The molecule has 1 aliphatic heterocycles. The molecule has 1 fully saturated rings. The Morgan fingerprint density at radius 3 is 2.17 bits per heavy atom. The maximum absolute atomic E-state index is 12.9. The second kappa shape index (κ2) is 11.9. The lowest BCUT2D eigenvalue weighted by Gasteiger charge is -2.34. The van der Waals surface area contributed by atoms with Gasteiger partial charge in [0.2, 0.25) is 11.9 Å². The molecule has 0 radical (unpaired) electrons. The van der Waals surface area contributed by atoms with Gasteiger partial charge in [-0.2, -0.15) is 0 Å². The third kappa shape index (κ3) is 6.82. The molecular formula is C29H27ClN6O4S. The fourth-order valence-corrected chi connectivity index (χ4v) is 5.73. The lowest BCUT2D eigenvalue weighted by atomic mass is 10.1. The molecule has 1 aromatic heterocycles. The zero-order valence-electron chi connectivity index (χ0n) is 22.1. The van der Waals surface area contributed by atoms with Crippen molar-refractivity contribution in [3.8, 4) is 11.3 Å². The lowest BCUT2D eigenvalue weighted by molar-refractivity contribution is -0.130. The average Bonchev–Trinajstić information content (AvgIpc) is 2.97. The van der Waals surface area contributed by atoms with Crippen LogP contribution in [0.25, 0.3) is 11.3 Å². The van der Waals surface area contributed by atoms with E-state index in [9.17, 15) is 18.0 Å². The second-order valence-corrected chi connectivity index (χ2v) is 11.5. The number of halogens is 1. The van der Waals surface area contributed by atoms with Crippen LogP contribution in [0.1, 0.15) is 17.3 Å². The Hall–Kier alpha value is -4.48. The van der Waals surface area contributed by atoms with Crippen LogP contribution in [-0.4, -0.2) is 66.2 Å². The molecule has 2 N–H and O–H groups in total. The molecule has 0 unspecified atom stereocenters. The Labute approximate surface area is 243 Å². The van der Waals surface area contributed by atoms with Crippen molar-refractivity contribution >= 4 is 50.8 Å². The molecule has 210 valence electrons. The summed E-state index contributed by atoms with van der Waals surface area (Å²) in [7, 11) is -3.78. The van der Waals surface area contributed by atoms with E-state index in [4.69, 9.17) is 11.6 Å². The van der Waals surface area contributed by atoms with E-state index in [2.05, 4.69) is 20.0 Å². The van der Waals surface area contributed by atoms with Gasteiger partial charge >= 0.3 is 0 Å². The van der Waals surface area contributed by atoms with Crippen LogP contribution in [0.5, 0.6) is 0 Å². The van der Waals surface area contributed by atoms with Crippen molar-refractivity contribution in [1.29, 1.82) is 0 Å². The van der Waals surface area contributed by atoms with E-state index >= 15 is 0 Å². The molecule has 2 heterocycles. The van der Waals surface area contributed by atoms with Crippen LogP contribution in [0.2, 0.25) is 5.02 Å². The number of rotatable bonds is 7. The predicted molar refractivity (Wildman–Crippen MR) is 158 cm³/mol. The number of carbonyl (C=O) groups excluding carboxylic acids is 2. The maximum Gasteiger partial charge on any atom is 0.261 e. The third-order valence-electron chi connectivity index (χ3n) is 6.60. The average molecular weight is 591 g/mol. The van der Waals surface area contributed by atoms with Crippen molar-refractivity contribution in [3.63, 3.8) is 0 Å². The van der Waals surface area contributed by atoms with Crippen molar-refractivity contribution in [2.45, 2.75) is 11.8 Å². The van der Waals surface area contributed by atoms with Crippen molar-refractivity contribution in [1.82, 2.24) is 19.8 Å². The number of benzene rings is 3. The van der Waals surface area contributed by atoms with E-state index in [1.165, 1.54) is 19.1 Å². The van der Waals surface area contributed by atoms with E-state index in [-0.39, 0.29) is 16.7 Å². The largest absolute Gasteiger partial charge is 0.339 e. The van der Waals surface area contributed by atoms with E-state index in [1.54, 1.807) is 82.7 Å². The number of carbonyl (C=O) groups is 2. The van der Waals surface area contributed by atoms with Crippen molar-refractivity contribution in [2.24, 2.45) is 0 Å². The number of anilines is 3. The van der Waals surface area contributed by atoms with Crippen LogP contribution >= 0.6 is 11.6 Å². The Bertz CT molecular complexity index is 1670. The number of amides is 2. The highest BCUT2D eigenvalue weighted by atomic mass is 35.5. The van der Waals surface area contributed by atoms with Gasteiger partial charge in [0.1, 0.15) is 0 Å². The highest BCUT2D eigenvalue weighted by Crippen LogP contribution is 2.24. The number of hydrogen-bond acceptors (Lipinski definition) is 7. The van der Waals surface area contributed by atoms with Crippen LogP contribution in [-0.2, 0) is 14.8 Å². The smallest absolute Gasteiger partial charge is 0.261 e. The molecule has 1 aliphatic rings. The van der Waals surface area contributed by atoms with Crippen molar-refractivity contribution < 1.29 is 18.0 Å². The van der Waals surface area contributed by atoms with E-state index in [0.717, 1.165) is 5.56 Å². The van der Waals surface area contributed by atoms with Gasteiger partial charge in [0.05, 0.1) is 10.6 Å². The minimum Gasteiger partial charge on any atom is -0.339 e. The molecule has 2 amide bonds. The predicted octanol–water partition coefficient (Wildman–Crippen LogP) is 4.65. The first-order valence-electron chi connectivity index (χ1n) is 12.8. The van der Waals surface area contributed by atoms with Gasteiger partial charge in [-0.3, -0.25) is 14.3 Å². The minimum atomic E-state index is -3.78. The number of hydrogen-bond donors (Lipinski definition) is 2. The maximum atomic E-state index is 12.9. The van der Waals surface area contributed by atoms with E-state index in [0.29, 0.717) is 59.8 Å². The molecule has 1 saturated heterocycles. The van der Waals surface area contributed by atoms with Gasteiger partial charge in [0.15, 0.2) is 0 Å². The zero-order chi connectivity index (χ0) is 29.0. The summed E-state index contributed by atoms with van der Waals surface area (Å²) in [4.78, 5) is 36.8. The van der Waals surface area contributed by atoms with Crippen molar-refractivity contribution in [2.75, 3.05) is 36.2 Å². The quantitative estimate of drug-likeness (QED) is 0.321. The Balaban J connectivity index is 1.22. The second-order valence-electron chi connectivity index (χ2n) is 9.41. The molecule has 10 nitrogen and oxygen atoms in total. The SMILES string of the molecule is CC(=O)N1CCN(C(=O)c2ccc(Nc3nccc(-c4ccc(NS(=O)(=O)c5cccc(Cl)c5)cc4)n3)cc2)CC1. The monoisotopic (exact) mass is 590 g/mol. The van der Waals surface area contributed by atoms with Crippen LogP contribution < -0.4 is 10.0 Å². The third-order valence-corrected chi connectivity index (χ3v) is 8.21. The first-order valence-corrected chi connectivity index (χ1v) is 14.7. The first-order chi connectivity index (χ1) is 19.7. The molecular weight excluding hydrogens is 564 g/mol. The number of nitrogens with zero attached hydrogens (tertiary/aromatic N) is 4. The summed E-state index contributed by atoms with van der Waals surface area (Å²) in [6, 6.07) is 21.7. The summed E-state index contributed by atoms with van der Waals surface area (Å²) in [5.41, 5.74) is 3.09. The van der Waals surface area contributed by atoms with Crippen LogP contribution in [0, 0.1) is 0 Å². The summed E-state index contributed by atoms with van der Waals surface area (Å²) < 4.78 is 27.9. The van der Waals surface area contributed by atoms with Crippen molar-refractivity contribution in [3.05, 3.63) is 95.6 Å². The molecule has 5 rings (SSSR count). The summed E-state index contributed by atoms with van der Waals surface area (Å²) in [5.74, 6) is 0.317. The topological polar surface area (TPSA) is 125 Å². The van der Waals surface area contributed by atoms with Gasteiger partial charge in [-0.05, 0) is 60.7 Å². The Morgan fingerprint density at radius 2 is 1.51 bits per heavy atom. The number of sulfonamides is 1. The van der Waals surface area contributed by atoms with E-state index in [1.807, 2.05) is 0 Å². The standard InChI is InChI=1S/C29H27ClN6O4S/c1-20(37)35-15-17-36(18-16-35)28(38)22-7-9-24(10-8-22)32-29-31-14-13-27(33-29)21-5-11-25(12-6-21)34-41(39,40)26-4-2-3-23(30)19-26/h2-14,19,34H,15-18H2,1H3,(H,31,32,33).